The predicted octanol–water partition coefficient (Wildman–Crippen LogP) is 3.62. The van der Waals surface area contributed by atoms with Crippen LogP contribution < -0.4 is 0 Å². The van der Waals surface area contributed by atoms with E-state index in [1.807, 2.05) is 0 Å². The molecule has 5 heteroatoms. The molecule has 2 aromatic rings. The maximum atomic E-state index is 13.4. The third kappa shape index (κ3) is 1.96. The van der Waals surface area contributed by atoms with Crippen molar-refractivity contribution in [3.8, 4) is 15.6 Å². The monoisotopic (exact) mass is 243 g/mol. The summed E-state index contributed by atoms with van der Waals surface area (Å²) in [6.45, 7) is 1.66. The molecule has 0 aliphatic heterocycles. The Bertz CT molecular complexity index is 493. The Morgan fingerprint density at radius 2 is 2.20 bits per heavy atom. The molecule has 15 heavy (non-hydrogen) atoms. The highest BCUT2D eigenvalue weighted by Gasteiger charge is 2.12. The number of nitrogens with zero attached hydrogens (tertiary/aromatic N) is 1. The summed E-state index contributed by atoms with van der Waals surface area (Å²) in [4.78, 5) is 4.05. The molecular formula is C10H7ClFNOS. The number of hydrogen-bond acceptors (Lipinski definition) is 3. The second kappa shape index (κ2) is 3.79. The standard InChI is InChI=1S/C10H7ClFNOS/c1-5-10(14)15-9(13-5)7-4-6(11)2-3-8(7)12/h2-4,14H,1H3. The summed E-state index contributed by atoms with van der Waals surface area (Å²) >= 11 is 6.80. The first kappa shape index (κ1) is 10.4. The molecule has 0 fully saturated rings. The summed E-state index contributed by atoms with van der Waals surface area (Å²) in [6.07, 6.45) is 0. The molecule has 0 bridgehead atoms. The maximum Gasteiger partial charge on any atom is 0.195 e. The van der Waals surface area contributed by atoms with Gasteiger partial charge in [0.2, 0.25) is 0 Å². The number of halogens is 2. The van der Waals surface area contributed by atoms with E-state index in [2.05, 4.69) is 4.98 Å². The predicted molar refractivity (Wildman–Crippen MR) is 58.9 cm³/mol. The highest BCUT2D eigenvalue weighted by molar-refractivity contribution is 7.16. The lowest BCUT2D eigenvalue weighted by Crippen LogP contribution is -1.83. The van der Waals surface area contributed by atoms with Crippen LogP contribution >= 0.6 is 22.9 Å². The zero-order valence-electron chi connectivity index (χ0n) is 7.79. The first-order valence-electron chi connectivity index (χ1n) is 4.20. The summed E-state index contributed by atoms with van der Waals surface area (Å²) < 4.78 is 13.4. The van der Waals surface area contributed by atoms with Gasteiger partial charge < -0.3 is 5.11 Å². The average molecular weight is 244 g/mol. The van der Waals surface area contributed by atoms with E-state index in [-0.39, 0.29) is 5.06 Å². The van der Waals surface area contributed by atoms with E-state index in [1.165, 1.54) is 18.2 Å². The minimum absolute atomic E-state index is 0.101. The van der Waals surface area contributed by atoms with E-state index in [9.17, 15) is 9.50 Å². The van der Waals surface area contributed by atoms with Crippen LogP contribution in [0, 0.1) is 12.7 Å². The molecule has 1 aromatic carbocycles. The normalized spacial score (nSPS) is 10.6. The highest BCUT2D eigenvalue weighted by Crippen LogP contribution is 2.34. The fraction of sp³-hybridized carbons (Fsp3) is 0.100. The second-order valence-corrected chi connectivity index (χ2v) is 4.45. The van der Waals surface area contributed by atoms with Gasteiger partial charge in [-0.25, -0.2) is 9.37 Å². The Kier molecular flexibility index (Phi) is 2.63. The summed E-state index contributed by atoms with van der Waals surface area (Å²) in [5.74, 6) is -0.395. The minimum Gasteiger partial charge on any atom is -0.498 e. The van der Waals surface area contributed by atoms with Gasteiger partial charge in [-0.2, -0.15) is 0 Å². The third-order valence-electron chi connectivity index (χ3n) is 1.93. The van der Waals surface area contributed by atoms with Crippen molar-refractivity contribution in [2.45, 2.75) is 6.92 Å². The van der Waals surface area contributed by atoms with Gasteiger partial charge in [-0.15, -0.1) is 0 Å². The number of benzene rings is 1. The molecule has 1 N–H and O–H groups in total. The molecule has 2 nitrogen and oxygen atoms in total. The largest absolute Gasteiger partial charge is 0.498 e. The molecule has 1 aromatic heterocycles. The van der Waals surface area contributed by atoms with Crippen molar-refractivity contribution in [1.29, 1.82) is 0 Å². The number of aryl methyl sites for hydroxylation is 1. The Balaban J connectivity index is 2.58. The summed E-state index contributed by atoms with van der Waals surface area (Å²) in [5.41, 5.74) is 0.810. The van der Waals surface area contributed by atoms with E-state index in [4.69, 9.17) is 11.6 Å². The molecule has 0 spiro atoms. The highest BCUT2D eigenvalue weighted by atomic mass is 35.5. The van der Waals surface area contributed by atoms with E-state index in [0.717, 1.165) is 11.3 Å². The zero-order chi connectivity index (χ0) is 11.0. The molecule has 0 amide bonds. The fourth-order valence-corrected chi connectivity index (χ4v) is 2.16. The fourth-order valence-electron chi connectivity index (χ4n) is 1.16. The van der Waals surface area contributed by atoms with Crippen molar-refractivity contribution < 1.29 is 9.50 Å². The molecule has 0 unspecified atom stereocenters. The van der Waals surface area contributed by atoms with E-state index >= 15 is 0 Å². The van der Waals surface area contributed by atoms with Gasteiger partial charge in [-0.1, -0.05) is 22.9 Å². The van der Waals surface area contributed by atoms with Gasteiger partial charge >= 0.3 is 0 Å². The van der Waals surface area contributed by atoms with Crippen molar-refractivity contribution in [3.63, 3.8) is 0 Å². The van der Waals surface area contributed by atoms with Crippen LogP contribution in [-0.4, -0.2) is 10.1 Å². The van der Waals surface area contributed by atoms with Crippen molar-refractivity contribution in [3.05, 3.63) is 34.7 Å². The summed E-state index contributed by atoms with van der Waals surface area (Å²) in [5, 5.41) is 10.3. The smallest absolute Gasteiger partial charge is 0.195 e. The number of hydrogen-bond donors (Lipinski definition) is 1. The van der Waals surface area contributed by atoms with E-state index < -0.39 is 5.82 Å². The topological polar surface area (TPSA) is 33.1 Å². The summed E-state index contributed by atoms with van der Waals surface area (Å²) in [7, 11) is 0. The molecule has 2 rings (SSSR count). The molecule has 0 aliphatic rings. The van der Waals surface area contributed by atoms with Crippen LogP contribution in [0.3, 0.4) is 0 Å². The zero-order valence-corrected chi connectivity index (χ0v) is 9.36. The molecular weight excluding hydrogens is 237 g/mol. The van der Waals surface area contributed by atoms with Gasteiger partial charge in [0.05, 0.1) is 5.69 Å². The van der Waals surface area contributed by atoms with Crippen molar-refractivity contribution >= 4 is 22.9 Å². The van der Waals surface area contributed by atoms with Crippen molar-refractivity contribution in [1.82, 2.24) is 4.98 Å². The average Bonchev–Trinajstić information content (AvgIpc) is 2.51. The molecule has 0 aliphatic carbocycles. The van der Waals surface area contributed by atoms with Crippen LogP contribution in [0.25, 0.3) is 10.6 Å². The van der Waals surface area contributed by atoms with Crippen LogP contribution in [0.4, 0.5) is 4.39 Å². The van der Waals surface area contributed by atoms with Crippen LogP contribution in [0.2, 0.25) is 5.02 Å². The number of aromatic hydroxyl groups is 1. The molecule has 0 saturated heterocycles. The van der Waals surface area contributed by atoms with Crippen LogP contribution in [0.15, 0.2) is 18.2 Å². The van der Waals surface area contributed by atoms with Gasteiger partial charge in [0.1, 0.15) is 10.8 Å². The van der Waals surface area contributed by atoms with E-state index in [1.54, 1.807) is 6.92 Å². The minimum atomic E-state index is -0.395. The molecule has 0 saturated carbocycles. The lowest BCUT2D eigenvalue weighted by Gasteiger charge is -1.98. The van der Waals surface area contributed by atoms with Crippen molar-refractivity contribution in [2.24, 2.45) is 0 Å². The summed E-state index contributed by atoms with van der Waals surface area (Å²) in [6, 6.07) is 4.25. The van der Waals surface area contributed by atoms with Crippen LogP contribution in [0.1, 0.15) is 5.69 Å². The maximum absolute atomic E-state index is 13.4. The first-order chi connectivity index (χ1) is 7.08. The van der Waals surface area contributed by atoms with E-state index in [0.29, 0.717) is 21.3 Å². The number of aromatic nitrogens is 1. The Morgan fingerprint density at radius 1 is 1.47 bits per heavy atom. The van der Waals surface area contributed by atoms with Gasteiger partial charge in [-0.05, 0) is 25.1 Å². The van der Waals surface area contributed by atoms with Gasteiger partial charge in [-0.3, -0.25) is 0 Å². The molecule has 0 radical (unpaired) electrons. The Labute approximate surface area is 95.0 Å². The third-order valence-corrected chi connectivity index (χ3v) is 3.16. The number of thiazole rings is 1. The Morgan fingerprint density at radius 3 is 2.80 bits per heavy atom. The molecule has 78 valence electrons. The molecule has 1 heterocycles. The van der Waals surface area contributed by atoms with Gasteiger partial charge in [0, 0.05) is 10.6 Å². The van der Waals surface area contributed by atoms with Crippen molar-refractivity contribution in [2.75, 3.05) is 0 Å². The lowest BCUT2D eigenvalue weighted by atomic mass is 10.2. The van der Waals surface area contributed by atoms with Gasteiger partial charge in [0.25, 0.3) is 0 Å². The SMILES string of the molecule is Cc1nc(-c2cc(Cl)ccc2F)sc1O. The molecule has 0 atom stereocenters. The van der Waals surface area contributed by atoms with Crippen LogP contribution in [-0.2, 0) is 0 Å². The van der Waals surface area contributed by atoms with Gasteiger partial charge in [0.15, 0.2) is 5.06 Å². The lowest BCUT2D eigenvalue weighted by molar-refractivity contribution is 0.485. The second-order valence-electron chi connectivity index (χ2n) is 3.03. The first-order valence-corrected chi connectivity index (χ1v) is 5.39. The quantitative estimate of drug-likeness (QED) is 0.830. The Hall–Kier alpha value is -1.13. The number of rotatable bonds is 1. The van der Waals surface area contributed by atoms with Crippen LogP contribution in [0.5, 0.6) is 5.06 Å².